The van der Waals surface area contributed by atoms with Crippen molar-refractivity contribution in [3.63, 3.8) is 0 Å². The van der Waals surface area contributed by atoms with Crippen molar-refractivity contribution in [3.8, 4) is 0 Å². The molecule has 0 unspecified atom stereocenters. The van der Waals surface area contributed by atoms with E-state index in [1.807, 2.05) is 0 Å². The van der Waals surface area contributed by atoms with Crippen molar-refractivity contribution in [2.24, 2.45) is 0 Å². The van der Waals surface area contributed by atoms with E-state index in [4.69, 9.17) is 0 Å². The molecular weight excluding hydrogens is 352 g/mol. The van der Waals surface area contributed by atoms with Gasteiger partial charge < -0.3 is 5.32 Å². The molecule has 9 nitrogen and oxygen atoms in total. The lowest BCUT2D eigenvalue weighted by Crippen LogP contribution is -2.42. The monoisotopic (exact) mass is 370 g/mol. The van der Waals surface area contributed by atoms with Gasteiger partial charge in [0.05, 0.1) is 12.2 Å². The molecule has 3 rings (SSSR count). The van der Waals surface area contributed by atoms with E-state index >= 15 is 0 Å². The molecule has 0 saturated carbocycles. The summed E-state index contributed by atoms with van der Waals surface area (Å²) in [5.41, 5.74) is 0.847. The maximum absolute atomic E-state index is 12.2. The number of aromatic nitrogens is 3. The van der Waals surface area contributed by atoms with Crippen LogP contribution in [0, 0.1) is 0 Å². The molecule has 2 aromatic heterocycles. The SMILES string of the molecule is CN(C)S(=O)(=O)N1CCc2nc(NC(=O)Cn3cccn3)sc2C1. The molecule has 0 fully saturated rings. The third-order valence-corrected chi connectivity index (χ3v) is 6.48. The van der Waals surface area contributed by atoms with Gasteiger partial charge in [0, 0.05) is 44.3 Å². The molecule has 2 aromatic rings. The van der Waals surface area contributed by atoms with E-state index in [1.165, 1.54) is 38.7 Å². The minimum absolute atomic E-state index is 0.110. The standard InChI is InChI=1S/C13H18N6O3S2/c1-17(2)24(21,22)19-7-4-10-11(8-19)23-13(15-10)16-12(20)9-18-6-3-5-14-18/h3,5-6H,4,7-9H2,1-2H3,(H,15,16,20). The van der Waals surface area contributed by atoms with Crippen molar-refractivity contribution in [1.29, 1.82) is 0 Å². The molecule has 24 heavy (non-hydrogen) atoms. The second kappa shape index (κ2) is 6.59. The van der Waals surface area contributed by atoms with E-state index in [0.717, 1.165) is 10.6 Å². The first-order valence-corrected chi connectivity index (χ1v) is 9.51. The van der Waals surface area contributed by atoms with Crippen LogP contribution in [0.15, 0.2) is 18.5 Å². The highest BCUT2D eigenvalue weighted by atomic mass is 32.2. The van der Waals surface area contributed by atoms with Crippen LogP contribution in [0.3, 0.4) is 0 Å². The van der Waals surface area contributed by atoms with Crippen LogP contribution in [0.1, 0.15) is 10.6 Å². The van der Waals surface area contributed by atoms with Gasteiger partial charge in [-0.25, -0.2) is 4.98 Å². The number of carbonyl (C=O) groups excluding carboxylic acids is 1. The fourth-order valence-corrected chi connectivity index (χ4v) is 4.55. The van der Waals surface area contributed by atoms with E-state index < -0.39 is 10.2 Å². The van der Waals surface area contributed by atoms with Crippen LogP contribution in [0.5, 0.6) is 0 Å². The maximum Gasteiger partial charge on any atom is 0.281 e. The summed E-state index contributed by atoms with van der Waals surface area (Å²) in [6.45, 7) is 0.777. The Kier molecular flexibility index (Phi) is 4.67. The lowest BCUT2D eigenvalue weighted by Gasteiger charge is -2.27. The number of hydrogen-bond donors (Lipinski definition) is 1. The van der Waals surface area contributed by atoms with Gasteiger partial charge in [-0.3, -0.25) is 9.48 Å². The first kappa shape index (κ1) is 17.0. The highest BCUT2D eigenvalue weighted by molar-refractivity contribution is 7.86. The number of nitrogens with zero attached hydrogens (tertiary/aromatic N) is 5. The topological polar surface area (TPSA) is 100 Å². The summed E-state index contributed by atoms with van der Waals surface area (Å²) in [5, 5.41) is 7.21. The third-order valence-electron chi connectivity index (χ3n) is 3.60. The Hall–Kier alpha value is -1.82. The molecule has 3 heterocycles. The normalized spacial score (nSPS) is 15.5. The van der Waals surface area contributed by atoms with Gasteiger partial charge in [0.1, 0.15) is 6.54 Å². The molecule has 0 atom stereocenters. The summed E-state index contributed by atoms with van der Waals surface area (Å²) < 4.78 is 28.6. The number of thiazole rings is 1. The van der Waals surface area contributed by atoms with Gasteiger partial charge in [-0.15, -0.1) is 11.3 Å². The van der Waals surface area contributed by atoms with Crippen LogP contribution in [-0.4, -0.2) is 58.3 Å². The Bertz CT molecular complexity index is 828. The predicted molar refractivity (Wildman–Crippen MR) is 89.7 cm³/mol. The third kappa shape index (κ3) is 3.48. The summed E-state index contributed by atoms with van der Waals surface area (Å²) in [4.78, 5) is 17.3. The molecule has 0 spiro atoms. The Morgan fingerprint density at radius 3 is 2.92 bits per heavy atom. The van der Waals surface area contributed by atoms with Gasteiger partial charge in [0.2, 0.25) is 5.91 Å². The van der Waals surface area contributed by atoms with E-state index in [2.05, 4.69) is 15.4 Å². The molecule has 0 aromatic carbocycles. The molecule has 1 N–H and O–H groups in total. The van der Waals surface area contributed by atoms with Crippen LogP contribution in [0.2, 0.25) is 0 Å². The molecule has 1 amide bonds. The van der Waals surface area contributed by atoms with Crippen LogP contribution in [0.4, 0.5) is 5.13 Å². The number of carbonyl (C=O) groups is 1. The number of anilines is 1. The van der Waals surface area contributed by atoms with E-state index in [9.17, 15) is 13.2 Å². The molecule has 0 radical (unpaired) electrons. The number of nitrogens with one attached hydrogen (secondary N) is 1. The van der Waals surface area contributed by atoms with E-state index in [-0.39, 0.29) is 19.0 Å². The number of fused-ring (bicyclic) bond motifs is 1. The number of amides is 1. The largest absolute Gasteiger partial charge is 0.300 e. The van der Waals surface area contributed by atoms with Crippen LogP contribution in [-0.2, 0) is 34.5 Å². The second-order valence-corrected chi connectivity index (χ2v) is 8.74. The smallest absolute Gasteiger partial charge is 0.281 e. The predicted octanol–water partition coefficient (Wildman–Crippen LogP) is 0.143. The molecule has 1 aliphatic rings. The molecule has 130 valence electrons. The maximum atomic E-state index is 12.2. The van der Waals surface area contributed by atoms with Crippen molar-refractivity contribution in [2.45, 2.75) is 19.5 Å². The second-order valence-electron chi connectivity index (χ2n) is 5.51. The fraction of sp³-hybridized carbons (Fsp3) is 0.462. The minimum Gasteiger partial charge on any atom is -0.300 e. The van der Waals surface area contributed by atoms with Crippen LogP contribution in [0.25, 0.3) is 0 Å². The van der Waals surface area contributed by atoms with Gasteiger partial charge in [-0.1, -0.05) is 0 Å². The number of hydrogen-bond acceptors (Lipinski definition) is 6. The Morgan fingerprint density at radius 1 is 1.46 bits per heavy atom. The van der Waals surface area contributed by atoms with Gasteiger partial charge in [-0.05, 0) is 6.07 Å². The zero-order chi connectivity index (χ0) is 17.3. The Balaban J connectivity index is 1.68. The zero-order valence-electron chi connectivity index (χ0n) is 13.3. The molecule has 0 aliphatic carbocycles. The lowest BCUT2D eigenvalue weighted by molar-refractivity contribution is -0.116. The fourth-order valence-electron chi connectivity index (χ4n) is 2.35. The first-order chi connectivity index (χ1) is 11.4. The highest BCUT2D eigenvalue weighted by Gasteiger charge is 2.30. The summed E-state index contributed by atoms with van der Waals surface area (Å²) in [5.74, 6) is -0.220. The Labute approximate surface area is 144 Å². The Morgan fingerprint density at radius 2 is 2.25 bits per heavy atom. The first-order valence-electron chi connectivity index (χ1n) is 7.29. The van der Waals surface area contributed by atoms with Crippen LogP contribution >= 0.6 is 11.3 Å². The molecule has 1 aliphatic heterocycles. The molecule has 11 heteroatoms. The molecular formula is C13H18N6O3S2. The zero-order valence-corrected chi connectivity index (χ0v) is 15.0. The van der Waals surface area contributed by atoms with Gasteiger partial charge in [0.15, 0.2) is 5.13 Å². The average Bonchev–Trinajstić information content (AvgIpc) is 3.14. The van der Waals surface area contributed by atoms with E-state index in [0.29, 0.717) is 18.1 Å². The number of rotatable bonds is 5. The van der Waals surface area contributed by atoms with Crippen molar-refractivity contribution >= 4 is 32.6 Å². The highest BCUT2D eigenvalue weighted by Crippen LogP contribution is 2.29. The van der Waals surface area contributed by atoms with Crippen molar-refractivity contribution in [2.75, 3.05) is 26.0 Å². The van der Waals surface area contributed by atoms with Gasteiger partial charge in [0.25, 0.3) is 10.2 Å². The molecule has 0 saturated heterocycles. The minimum atomic E-state index is -3.44. The summed E-state index contributed by atoms with van der Waals surface area (Å²) in [7, 11) is -0.419. The van der Waals surface area contributed by atoms with E-state index in [1.54, 1.807) is 18.5 Å². The van der Waals surface area contributed by atoms with Gasteiger partial charge in [-0.2, -0.15) is 22.1 Å². The average molecular weight is 370 g/mol. The summed E-state index contributed by atoms with van der Waals surface area (Å²) in [6, 6.07) is 1.75. The quantitative estimate of drug-likeness (QED) is 0.807. The van der Waals surface area contributed by atoms with Crippen molar-refractivity contribution in [3.05, 3.63) is 29.0 Å². The van der Waals surface area contributed by atoms with Crippen molar-refractivity contribution in [1.82, 2.24) is 23.4 Å². The lowest BCUT2D eigenvalue weighted by atomic mass is 10.2. The van der Waals surface area contributed by atoms with Crippen molar-refractivity contribution < 1.29 is 13.2 Å². The molecule has 0 bridgehead atoms. The van der Waals surface area contributed by atoms with Gasteiger partial charge >= 0.3 is 0 Å². The summed E-state index contributed by atoms with van der Waals surface area (Å²) in [6.07, 6.45) is 3.85. The summed E-state index contributed by atoms with van der Waals surface area (Å²) >= 11 is 1.31. The van der Waals surface area contributed by atoms with Crippen LogP contribution < -0.4 is 5.32 Å².